The number of hydrogen-bond acceptors (Lipinski definition) is 5. The van der Waals surface area contributed by atoms with Gasteiger partial charge in [0.05, 0.1) is 4.92 Å². The maximum absolute atomic E-state index is 12.1. The molecule has 0 unspecified atom stereocenters. The fourth-order valence-electron chi connectivity index (χ4n) is 2.01. The second-order valence-corrected chi connectivity index (χ2v) is 5.12. The normalized spacial score (nSPS) is 10.6. The highest BCUT2D eigenvalue weighted by Crippen LogP contribution is 2.16. The standard InChI is InChI=1S/C18H16N4O3/c1-2-13-3-5-15(6-4-13)20-12-14(11-19)18(23)21-16-7-9-17(10-8-16)22(24)25/h3-10,12,20H,2H2,1H3,(H,21,23)/b14-12-. The van der Waals surface area contributed by atoms with E-state index in [1.165, 1.54) is 36.0 Å². The average molecular weight is 336 g/mol. The van der Waals surface area contributed by atoms with Gasteiger partial charge in [-0.25, -0.2) is 0 Å². The Bertz CT molecular complexity index is 834. The number of nitrogens with zero attached hydrogens (tertiary/aromatic N) is 2. The Hall–Kier alpha value is -3.66. The number of carbonyl (C=O) groups excluding carboxylic acids is 1. The highest BCUT2D eigenvalue weighted by atomic mass is 16.6. The number of nitrogens with one attached hydrogen (secondary N) is 2. The predicted octanol–water partition coefficient (Wildman–Crippen LogP) is 3.62. The molecule has 2 rings (SSSR count). The van der Waals surface area contributed by atoms with E-state index in [2.05, 4.69) is 17.6 Å². The Balaban J connectivity index is 2.04. The molecule has 0 radical (unpaired) electrons. The SMILES string of the molecule is CCc1ccc(N/C=C(/C#N)C(=O)Nc2ccc([N+](=O)[O-])cc2)cc1. The minimum Gasteiger partial charge on any atom is -0.360 e. The van der Waals surface area contributed by atoms with Gasteiger partial charge in [0.15, 0.2) is 0 Å². The molecular weight excluding hydrogens is 320 g/mol. The molecule has 7 heteroatoms. The van der Waals surface area contributed by atoms with Crippen LogP contribution in [-0.2, 0) is 11.2 Å². The number of nitriles is 1. The maximum Gasteiger partial charge on any atom is 0.269 e. The van der Waals surface area contributed by atoms with Gasteiger partial charge in [-0.05, 0) is 36.2 Å². The first-order valence-electron chi connectivity index (χ1n) is 7.55. The number of hydrogen-bond donors (Lipinski definition) is 2. The first-order valence-corrected chi connectivity index (χ1v) is 7.55. The summed E-state index contributed by atoms with van der Waals surface area (Å²) in [5.41, 5.74) is 2.12. The summed E-state index contributed by atoms with van der Waals surface area (Å²) in [4.78, 5) is 22.2. The molecular formula is C18H16N4O3. The van der Waals surface area contributed by atoms with Crippen LogP contribution in [0.5, 0.6) is 0 Å². The van der Waals surface area contributed by atoms with Gasteiger partial charge in [-0.3, -0.25) is 14.9 Å². The van der Waals surface area contributed by atoms with Crippen LogP contribution >= 0.6 is 0 Å². The van der Waals surface area contributed by atoms with E-state index in [1.54, 1.807) is 0 Å². The number of nitro groups is 1. The Morgan fingerprint density at radius 2 is 1.76 bits per heavy atom. The highest BCUT2D eigenvalue weighted by molar-refractivity contribution is 6.06. The van der Waals surface area contributed by atoms with Crippen LogP contribution in [0.1, 0.15) is 12.5 Å². The first-order chi connectivity index (χ1) is 12.0. The lowest BCUT2D eigenvalue weighted by atomic mass is 10.1. The number of amides is 1. The van der Waals surface area contributed by atoms with Crippen LogP contribution in [-0.4, -0.2) is 10.8 Å². The maximum atomic E-state index is 12.1. The highest BCUT2D eigenvalue weighted by Gasteiger charge is 2.10. The van der Waals surface area contributed by atoms with Crippen molar-refractivity contribution >= 4 is 23.0 Å². The van der Waals surface area contributed by atoms with Gasteiger partial charge < -0.3 is 10.6 Å². The summed E-state index contributed by atoms with van der Waals surface area (Å²) >= 11 is 0. The van der Waals surface area contributed by atoms with E-state index in [-0.39, 0.29) is 11.3 Å². The largest absolute Gasteiger partial charge is 0.360 e. The van der Waals surface area contributed by atoms with Crippen LogP contribution in [0.2, 0.25) is 0 Å². The molecule has 0 aliphatic heterocycles. The number of rotatable bonds is 6. The summed E-state index contributed by atoms with van der Waals surface area (Å²) in [6.45, 7) is 2.05. The third-order valence-electron chi connectivity index (χ3n) is 3.45. The van der Waals surface area contributed by atoms with Gasteiger partial charge in [0.25, 0.3) is 11.6 Å². The van der Waals surface area contributed by atoms with Crippen LogP contribution in [0.4, 0.5) is 17.1 Å². The van der Waals surface area contributed by atoms with E-state index >= 15 is 0 Å². The second-order valence-electron chi connectivity index (χ2n) is 5.12. The molecule has 7 nitrogen and oxygen atoms in total. The van der Waals surface area contributed by atoms with Crippen LogP contribution in [0.25, 0.3) is 0 Å². The Morgan fingerprint density at radius 1 is 1.16 bits per heavy atom. The van der Waals surface area contributed by atoms with Crippen molar-refractivity contribution in [1.82, 2.24) is 0 Å². The number of carbonyl (C=O) groups is 1. The van der Waals surface area contributed by atoms with E-state index in [0.717, 1.165) is 12.1 Å². The fraction of sp³-hybridized carbons (Fsp3) is 0.111. The number of non-ortho nitro benzene ring substituents is 1. The third-order valence-corrected chi connectivity index (χ3v) is 3.45. The van der Waals surface area contributed by atoms with Crippen molar-refractivity contribution in [3.8, 4) is 6.07 Å². The van der Waals surface area contributed by atoms with Crippen LogP contribution < -0.4 is 10.6 Å². The van der Waals surface area contributed by atoms with E-state index in [1.807, 2.05) is 30.3 Å². The van der Waals surface area contributed by atoms with E-state index < -0.39 is 10.8 Å². The molecule has 0 spiro atoms. The number of aryl methyl sites for hydroxylation is 1. The van der Waals surface area contributed by atoms with E-state index in [0.29, 0.717) is 5.69 Å². The topological polar surface area (TPSA) is 108 Å². The quantitative estimate of drug-likeness (QED) is 0.362. The Labute approximate surface area is 144 Å². The van der Waals surface area contributed by atoms with Crippen molar-refractivity contribution in [2.75, 3.05) is 10.6 Å². The van der Waals surface area contributed by atoms with Crippen LogP contribution in [0.15, 0.2) is 60.3 Å². The summed E-state index contributed by atoms with van der Waals surface area (Å²) < 4.78 is 0. The lowest BCUT2D eigenvalue weighted by Crippen LogP contribution is -2.14. The molecule has 126 valence electrons. The molecule has 0 aromatic heterocycles. The van der Waals surface area contributed by atoms with Gasteiger partial charge in [0, 0.05) is 29.7 Å². The minimum atomic E-state index is -0.603. The van der Waals surface area contributed by atoms with Gasteiger partial charge in [0.2, 0.25) is 0 Å². The predicted molar refractivity (Wildman–Crippen MR) is 94.9 cm³/mol. The smallest absolute Gasteiger partial charge is 0.269 e. The zero-order chi connectivity index (χ0) is 18.2. The lowest BCUT2D eigenvalue weighted by Gasteiger charge is -2.05. The Kier molecular flexibility index (Phi) is 5.85. The minimum absolute atomic E-state index is 0.0776. The van der Waals surface area contributed by atoms with Gasteiger partial charge in [0.1, 0.15) is 11.6 Å². The van der Waals surface area contributed by atoms with Gasteiger partial charge in [-0.2, -0.15) is 5.26 Å². The molecule has 1 amide bonds. The zero-order valence-corrected chi connectivity index (χ0v) is 13.5. The molecule has 0 atom stereocenters. The van der Waals surface area contributed by atoms with Crippen LogP contribution in [0, 0.1) is 21.4 Å². The summed E-state index contributed by atoms with van der Waals surface area (Å²) in [5.74, 6) is -0.603. The van der Waals surface area contributed by atoms with Gasteiger partial charge in [-0.15, -0.1) is 0 Å². The monoisotopic (exact) mass is 336 g/mol. The number of benzene rings is 2. The van der Waals surface area contributed by atoms with E-state index in [4.69, 9.17) is 5.26 Å². The number of anilines is 2. The average Bonchev–Trinajstić information content (AvgIpc) is 2.63. The molecule has 0 fully saturated rings. The van der Waals surface area contributed by atoms with Crippen molar-refractivity contribution in [2.45, 2.75) is 13.3 Å². The molecule has 2 aromatic carbocycles. The van der Waals surface area contributed by atoms with Crippen LogP contribution in [0.3, 0.4) is 0 Å². The summed E-state index contributed by atoms with van der Waals surface area (Å²) in [7, 11) is 0. The van der Waals surface area contributed by atoms with Crippen molar-refractivity contribution in [2.24, 2.45) is 0 Å². The molecule has 2 N–H and O–H groups in total. The van der Waals surface area contributed by atoms with Gasteiger partial charge in [-0.1, -0.05) is 19.1 Å². The summed E-state index contributed by atoms with van der Waals surface area (Å²) in [6.07, 6.45) is 2.25. The fourth-order valence-corrected chi connectivity index (χ4v) is 2.01. The number of nitro benzene ring substituents is 1. The summed E-state index contributed by atoms with van der Waals surface area (Å²) in [5, 5.41) is 25.2. The van der Waals surface area contributed by atoms with Crippen molar-refractivity contribution in [1.29, 1.82) is 5.26 Å². The van der Waals surface area contributed by atoms with Crippen molar-refractivity contribution in [3.05, 3.63) is 76.0 Å². The molecule has 0 saturated heterocycles. The molecule has 0 aliphatic carbocycles. The van der Waals surface area contributed by atoms with Crippen molar-refractivity contribution < 1.29 is 9.72 Å². The molecule has 2 aromatic rings. The van der Waals surface area contributed by atoms with Gasteiger partial charge >= 0.3 is 0 Å². The van der Waals surface area contributed by atoms with E-state index in [9.17, 15) is 14.9 Å². The molecule has 0 aliphatic rings. The second kappa shape index (κ2) is 8.26. The third kappa shape index (κ3) is 4.91. The van der Waals surface area contributed by atoms with Crippen molar-refractivity contribution in [3.63, 3.8) is 0 Å². The lowest BCUT2D eigenvalue weighted by molar-refractivity contribution is -0.384. The molecule has 25 heavy (non-hydrogen) atoms. The first kappa shape index (κ1) is 17.7. The molecule has 0 heterocycles. The zero-order valence-electron chi connectivity index (χ0n) is 13.5. The summed E-state index contributed by atoms with van der Waals surface area (Å²) in [6, 6.07) is 14.8. The molecule has 0 saturated carbocycles. The molecule has 0 bridgehead atoms. The Morgan fingerprint density at radius 3 is 2.28 bits per heavy atom.